The zero-order valence-corrected chi connectivity index (χ0v) is 17.9. The molecule has 3 aromatic rings. The van der Waals surface area contributed by atoms with Crippen molar-refractivity contribution in [3.8, 4) is 5.69 Å². The molecule has 6 heteroatoms. The lowest BCUT2D eigenvalue weighted by molar-refractivity contribution is -0.122. The van der Waals surface area contributed by atoms with Gasteiger partial charge in [-0.25, -0.2) is 9.69 Å². The topological polar surface area (TPSA) is 71.4 Å². The summed E-state index contributed by atoms with van der Waals surface area (Å²) in [5.74, 6) is -1.33. The summed E-state index contributed by atoms with van der Waals surface area (Å²) in [4.78, 5) is 39.2. The van der Waals surface area contributed by atoms with Gasteiger partial charge in [0.05, 0.1) is 5.69 Å². The summed E-state index contributed by atoms with van der Waals surface area (Å²) in [5, 5.41) is 2.29. The molecular formula is C25H23N3O3. The van der Waals surface area contributed by atoms with E-state index in [-0.39, 0.29) is 5.57 Å². The second-order valence-corrected chi connectivity index (χ2v) is 7.72. The smallest absolute Gasteiger partial charge is 0.318 e. The summed E-state index contributed by atoms with van der Waals surface area (Å²) >= 11 is 0. The summed E-state index contributed by atoms with van der Waals surface area (Å²) < 4.78 is 2.06. The van der Waals surface area contributed by atoms with Gasteiger partial charge in [-0.15, -0.1) is 0 Å². The van der Waals surface area contributed by atoms with Crippen LogP contribution < -0.4 is 10.2 Å². The van der Waals surface area contributed by atoms with Gasteiger partial charge in [0, 0.05) is 17.1 Å². The number of amides is 4. The molecule has 1 saturated heterocycles. The van der Waals surface area contributed by atoms with Gasteiger partial charge < -0.3 is 4.57 Å². The van der Waals surface area contributed by atoms with E-state index in [2.05, 4.69) is 9.88 Å². The number of urea groups is 1. The van der Waals surface area contributed by atoms with Crippen LogP contribution in [0.2, 0.25) is 0 Å². The lowest BCUT2D eigenvalue weighted by Gasteiger charge is -2.26. The zero-order valence-electron chi connectivity index (χ0n) is 17.9. The van der Waals surface area contributed by atoms with Crippen molar-refractivity contribution in [3.05, 3.63) is 88.2 Å². The van der Waals surface area contributed by atoms with E-state index in [1.165, 1.54) is 0 Å². The van der Waals surface area contributed by atoms with Crippen molar-refractivity contribution in [1.82, 2.24) is 9.88 Å². The molecule has 4 rings (SSSR count). The van der Waals surface area contributed by atoms with Crippen LogP contribution >= 0.6 is 0 Å². The first-order valence-electron chi connectivity index (χ1n) is 10.0. The Morgan fingerprint density at radius 2 is 1.52 bits per heavy atom. The van der Waals surface area contributed by atoms with Gasteiger partial charge in [-0.2, -0.15) is 0 Å². The molecule has 0 radical (unpaired) electrons. The van der Waals surface area contributed by atoms with E-state index >= 15 is 0 Å². The molecule has 0 aliphatic carbocycles. The molecule has 6 nitrogen and oxygen atoms in total. The number of rotatable bonds is 3. The molecule has 0 spiro atoms. The third-order valence-corrected chi connectivity index (χ3v) is 5.63. The number of imide groups is 2. The lowest BCUT2D eigenvalue weighted by atomic mass is 10.1. The lowest BCUT2D eigenvalue weighted by Crippen LogP contribution is -2.54. The first-order valence-corrected chi connectivity index (χ1v) is 10.0. The van der Waals surface area contributed by atoms with Crippen LogP contribution in [0.1, 0.15) is 28.1 Å². The molecular weight excluding hydrogens is 390 g/mol. The Morgan fingerprint density at radius 3 is 2.19 bits per heavy atom. The predicted molar refractivity (Wildman–Crippen MR) is 120 cm³/mol. The molecule has 1 fully saturated rings. The van der Waals surface area contributed by atoms with Crippen molar-refractivity contribution in [1.29, 1.82) is 0 Å². The Balaban J connectivity index is 1.77. The highest BCUT2D eigenvalue weighted by atomic mass is 16.2. The van der Waals surface area contributed by atoms with Crippen LogP contribution in [0, 0.1) is 27.7 Å². The Hall–Kier alpha value is -3.93. The Bertz CT molecular complexity index is 1250. The average molecular weight is 413 g/mol. The molecule has 1 aliphatic heterocycles. The molecule has 1 aromatic heterocycles. The van der Waals surface area contributed by atoms with Crippen LogP contribution in [-0.2, 0) is 9.59 Å². The number of hydrogen-bond donors (Lipinski definition) is 1. The Labute approximate surface area is 180 Å². The van der Waals surface area contributed by atoms with Gasteiger partial charge in [-0.05, 0) is 80.8 Å². The quantitative estimate of drug-likeness (QED) is 0.512. The summed E-state index contributed by atoms with van der Waals surface area (Å²) in [5.41, 5.74) is 5.96. The fraction of sp³-hybridized carbons (Fsp3) is 0.160. The maximum Gasteiger partial charge on any atom is 0.335 e. The van der Waals surface area contributed by atoms with Crippen molar-refractivity contribution in [2.45, 2.75) is 27.7 Å². The molecule has 0 bridgehead atoms. The van der Waals surface area contributed by atoms with Gasteiger partial charge in [0.1, 0.15) is 5.57 Å². The number of carbonyl (C=O) groups excluding carboxylic acids is 3. The monoisotopic (exact) mass is 413 g/mol. The SMILES string of the molecule is Cc1ccc(N2C(=O)NC(=O)/C(=C\c3cc(C)n(-c4ccccc4)c3C)C2=O)cc1C. The minimum Gasteiger partial charge on any atom is -0.318 e. The van der Waals surface area contributed by atoms with Crippen molar-refractivity contribution in [3.63, 3.8) is 0 Å². The summed E-state index contributed by atoms with van der Waals surface area (Å²) in [7, 11) is 0. The maximum atomic E-state index is 13.2. The molecule has 2 heterocycles. The minimum atomic E-state index is -0.745. The number of barbiturate groups is 1. The maximum absolute atomic E-state index is 13.2. The average Bonchev–Trinajstić information content (AvgIpc) is 3.01. The standard InChI is InChI=1S/C25H23N3O3/c1-15-10-11-21(12-16(15)2)28-24(30)22(23(29)26-25(28)31)14-19-13-17(3)27(18(19)4)20-8-6-5-7-9-20/h5-14H,1-4H3,(H,26,29,31)/b22-14+. The normalized spacial score (nSPS) is 15.5. The van der Waals surface area contributed by atoms with Gasteiger partial charge in [-0.3, -0.25) is 14.9 Å². The third-order valence-electron chi connectivity index (χ3n) is 5.63. The number of aryl methyl sites for hydroxylation is 3. The summed E-state index contributed by atoms with van der Waals surface area (Å²) in [6.45, 7) is 7.76. The van der Waals surface area contributed by atoms with Crippen LogP contribution in [-0.4, -0.2) is 22.4 Å². The van der Waals surface area contributed by atoms with Gasteiger partial charge in [-0.1, -0.05) is 24.3 Å². The van der Waals surface area contributed by atoms with Crippen molar-refractivity contribution in [2.24, 2.45) is 0 Å². The van der Waals surface area contributed by atoms with Gasteiger partial charge >= 0.3 is 6.03 Å². The fourth-order valence-electron chi connectivity index (χ4n) is 3.82. The van der Waals surface area contributed by atoms with Crippen LogP contribution in [0.25, 0.3) is 11.8 Å². The fourth-order valence-corrected chi connectivity index (χ4v) is 3.82. The molecule has 1 aliphatic rings. The highest BCUT2D eigenvalue weighted by Gasteiger charge is 2.37. The highest BCUT2D eigenvalue weighted by Crippen LogP contribution is 2.27. The van der Waals surface area contributed by atoms with Gasteiger partial charge in [0.25, 0.3) is 11.8 Å². The Morgan fingerprint density at radius 1 is 0.806 bits per heavy atom. The highest BCUT2D eigenvalue weighted by molar-refractivity contribution is 6.39. The predicted octanol–water partition coefficient (Wildman–Crippen LogP) is 4.38. The van der Waals surface area contributed by atoms with E-state index in [1.807, 2.05) is 70.2 Å². The molecule has 0 unspecified atom stereocenters. The Kier molecular flexibility index (Phi) is 5.07. The van der Waals surface area contributed by atoms with E-state index < -0.39 is 17.8 Å². The van der Waals surface area contributed by atoms with Gasteiger partial charge in [0.2, 0.25) is 0 Å². The zero-order chi connectivity index (χ0) is 22.3. The number of carbonyl (C=O) groups is 3. The second kappa shape index (κ2) is 7.72. The van der Waals surface area contributed by atoms with Crippen LogP contribution in [0.5, 0.6) is 0 Å². The molecule has 1 N–H and O–H groups in total. The molecule has 0 atom stereocenters. The van der Waals surface area contributed by atoms with E-state index in [0.29, 0.717) is 5.69 Å². The first kappa shape index (κ1) is 20.3. The molecule has 156 valence electrons. The van der Waals surface area contributed by atoms with E-state index in [9.17, 15) is 14.4 Å². The van der Waals surface area contributed by atoms with Crippen LogP contribution in [0.3, 0.4) is 0 Å². The summed E-state index contributed by atoms with van der Waals surface area (Å²) in [6, 6.07) is 16.3. The minimum absolute atomic E-state index is 0.0776. The first-order chi connectivity index (χ1) is 14.8. The third kappa shape index (κ3) is 3.57. The van der Waals surface area contributed by atoms with Crippen molar-refractivity contribution in [2.75, 3.05) is 4.90 Å². The second-order valence-electron chi connectivity index (χ2n) is 7.72. The van der Waals surface area contributed by atoms with E-state index in [1.54, 1.807) is 18.2 Å². The van der Waals surface area contributed by atoms with Gasteiger partial charge in [0.15, 0.2) is 0 Å². The van der Waals surface area contributed by atoms with E-state index in [0.717, 1.165) is 38.7 Å². The number of nitrogens with zero attached hydrogens (tertiary/aromatic N) is 2. The number of anilines is 1. The largest absolute Gasteiger partial charge is 0.335 e. The molecule has 2 aromatic carbocycles. The van der Waals surface area contributed by atoms with Crippen LogP contribution in [0.4, 0.5) is 10.5 Å². The number of benzene rings is 2. The number of nitrogens with one attached hydrogen (secondary N) is 1. The number of para-hydroxylation sites is 1. The van der Waals surface area contributed by atoms with Crippen molar-refractivity contribution < 1.29 is 14.4 Å². The van der Waals surface area contributed by atoms with Crippen molar-refractivity contribution >= 4 is 29.6 Å². The molecule has 4 amide bonds. The van der Waals surface area contributed by atoms with E-state index in [4.69, 9.17) is 0 Å². The number of aromatic nitrogens is 1. The molecule has 31 heavy (non-hydrogen) atoms. The molecule has 0 saturated carbocycles. The summed E-state index contributed by atoms with van der Waals surface area (Å²) in [6.07, 6.45) is 1.56. The number of hydrogen-bond acceptors (Lipinski definition) is 3. The van der Waals surface area contributed by atoms with Crippen LogP contribution in [0.15, 0.2) is 60.2 Å².